The lowest BCUT2D eigenvalue weighted by Gasteiger charge is -2.16. The van der Waals surface area contributed by atoms with E-state index in [-0.39, 0.29) is 0 Å². The van der Waals surface area contributed by atoms with Gasteiger partial charge in [0.05, 0.1) is 12.8 Å². The Morgan fingerprint density at radius 1 is 1.18 bits per heavy atom. The zero-order valence-electron chi connectivity index (χ0n) is 13.3. The summed E-state index contributed by atoms with van der Waals surface area (Å²) in [6.07, 6.45) is 0. The molecular weight excluding hydrogens is 298 g/mol. The van der Waals surface area contributed by atoms with Crippen LogP contribution in [0.15, 0.2) is 12.1 Å². The number of benzene rings is 1. The summed E-state index contributed by atoms with van der Waals surface area (Å²) in [7, 11) is 1.65. The first-order chi connectivity index (χ1) is 10.5. The fraction of sp³-hybridized carbons (Fsp3) is 0.294. The summed E-state index contributed by atoms with van der Waals surface area (Å²) in [6.45, 7) is 7.61. The molecule has 2 aromatic rings. The maximum absolute atomic E-state index is 6.23. The van der Waals surface area contributed by atoms with Crippen LogP contribution in [0, 0.1) is 32.6 Å². The maximum atomic E-state index is 6.23. The molecule has 0 aliphatic rings. The minimum Gasteiger partial charge on any atom is -0.496 e. The second-order valence-electron chi connectivity index (χ2n) is 4.88. The third-order valence-electron chi connectivity index (χ3n) is 3.36. The van der Waals surface area contributed by atoms with Gasteiger partial charge in [-0.05, 0) is 45.2 Å². The second kappa shape index (κ2) is 6.67. The normalized spacial score (nSPS) is 9.91. The van der Waals surface area contributed by atoms with Crippen LogP contribution in [0.5, 0.6) is 5.75 Å². The van der Waals surface area contributed by atoms with Gasteiger partial charge >= 0.3 is 0 Å². The topological polar surface area (TPSA) is 47.0 Å². The van der Waals surface area contributed by atoms with E-state index >= 15 is 0 Å². The van der Waals surface area contributed by atoms with Gasteiger partial charge in [-0.25, -0.2) is 9.97 Å². The highest BCUT2D eigenvalue weighted by molar-refractivity contribution is 6.31. The summed E-state index contributed by atoms with van der Waals surface area (Å²) in [5.74, 6) is 7.02. The molecule has 4 nitrogen and oxygen atoms in total. The average Bonchev–Trinajstić information content (AvgIpc) is 2.48. The number of rotatable bonds is 3. The first-order valence-corrected chi connectivity index (χ1v) is 7.23. The van der Waals surface area contributed by atoms with Gasteiger partial charge in [-0.15, -0.1) is 0 Å². The van der Waals surface area contributed by atoms with Gasteiger partial charge in [0.25, 0.3) is 0 Å². The van der Waals surface area contributed by atoms with Crippen molar-refractivity contribution in [3.8, 4) is 17.6 Å². The van der Waals surface area contributed by atoms with Crippen molar-refractivity contribution < 1.29 is 4.74 Å². The van der Waals surface area contributed by atoms with Crippen LogP contribution in [0.2, 0.25) is 5.15 Å². The number of aromatic nitrogens is 2. The SMILES string of the molecule is CC#Cc1nc(Cl)c(Nc2c(C)ccc(OC)c2C)nc1C. The number of ether oxygens (including phenoxy) is 1. The molecule has 1 heterocycles. The molecule has 0 spiro atoms. The Bertz CT molecular complexity index is 776. The molecule has 2 rings (SSSR count). The molecule has 22 heavy (non-hydrogen) atoms. The lowest BCUT2D eigenvalue weighted by molar-refractivity contribution is 0.412. The lowest BCUT2D eigenvalue weighted by atomic mass is 10.1. The smallest absolute Gasteiger partial charge is 0.173 e. The van der Waals surface area contributed by atoms with Crippen LogP contribution in [0.4, 0.5) is 11.5 Å². The van der Waals surface area contributed by atoms with Gasteiger partial charge in [0.15, 0.2) is 11.0 Å². The monoisotopic (exact) mass is 315 g/mol. The number of anilines is 2. The molecule has 0 amide bonds. The summed E-state index contributed by atoms with van der Waals surface area (Å²) in [5, 5.41) is 3.56. The molecule has 0 saturated carbocycles. The molecule has 1 aromatic heterocycles. The van der Waals surface area contributed by atoms with E-state index in [1.807, 2.05) is 32.9 Å². The third-order valence-corrected chi connectivity index (χ3v) is 3.62. The van der Waals surface area contributed by atoms with Gasteiger partial charge in [-0.2, -0.15) is 0 Å². The average molecular weight is 316 g/mol. The summed E-state index contributed by atoms with van der Waals surface area (Å²) >= 11 is 6.23. The Labute approximate surface area is 135 Å². The standard InChI is InChI=1S/C17H18ClN3O/c1-6-7-13-12(4)19-17(16(18)20-13)21-15-10(2)8-9-14(22-5)11(15)3/h8-9H,1-5H3,(H,19,21). The molecule has 114 valence electrons. The molecule has 0 fully saturated rings. The molecule has 1 aromatic carbocycles. The summed E-state index contributed by atoms with van der Waals surface area (Å²) in [4.78, 5) is 8.77. The van der Waals surface area contributed by atoms with Gasteiger partial charge in [0, 0.05) is 11.3 Å². The van der Waals surface area contributed by atoms with Crippen LogP contribution in [0.1, 0.15) is 29.4 Å². The van der Waals surface area contributed by atoms with E-state index in [9.17, 15) is 0 Å². The molecule has 5 heteroatoms. The highest BCUT2D eigenvalue weighted by atomic mass is 35.5. The number of halogens is 1. The van der Waals surface area contributed by atoms with Gasteiger partial charge in [-0.3, -0.25) is 0 Å². The molecule has 0 atom stereocenters. The Morgan fingerprint density at radius 3 is 2.55 bits per heavy atom. The number of nitrogens with one attached hydrogen (secondary N) is 1. The van der Waals surface area contributed by atoms with Crippen molar-refractivity contribution in [3.05, 3.63) is 39.8 Å². The van der Waals surface area contributed by atoms with Crippen LogP contribution in [-0.2, 0) is 0 Å². The van der Waals surface area contributed by atoms with Crippen molar-refractivity contribution in [1.82, 2.24) is 9.97 Å². The van der Waals surface area contributed by atoms with E-state index < -0.39 is 0 Å². The van der Waals surface area contributed by atoms with Crippen LogP contribution >= 0.6 is 11.6 Å². The van der Waals surface area contributed by atoms with Crippen LogP contribution < -0.4 is 10.1 Å². The molecule has 0 radical (unpaired) electrons. The zero-order chi connectivity index (χ0) is 16.3. The number of nitrogens with zero attached hydrogens (tertiary/aromatic N) is 2. The molecule has 0 aliphatic carbocycles. The highest BCUT2D eigenvalue weighted by Gasteiger charge is 2.13. The largest absolute Gasteiger partial charge is 0.496 e. The van der Waals surface area contributed by atoms with Gasteiger partial charge in [-0.1, -0.05) is 23.6 Å². The number of hydrogen-bond acceptors (Lipinski definition) is 4. The van der Waals surface area contributed by atoms with Gasteiger partial charge in [0.2, 0.25) is 0 Å². The Balaban J connectivity index is 2.47. The number of hydrogen-bond donors (Lipinski definition) is 1. The van der Waals surface area contributed by atoms with Crippen molar-refractivity contribution in [2.24, 2.45) is 0 Å². The molecular formula is C17H18ClN3O. The fourth-order valence-corrected chi connectivity index (χ4v) is 2.35. The fourth-order valence-electron chi connectivity index (χ4n) is 2.17. The minimum absolute atomic E-state index is 0.296. The Morgan fingerprint density at radius 2 is 1.91 bits per heavy atom. The number of aryl methyl sites for hydroxylation is 2. The van der Waals surface area contributed by atoms with E-state index in [0.717, 1.165) is 28.3 Å². The zero-order valence-corrected chi connectivity index (χ0v) is 14.1. The summed E-state index contributed by atoms with van der Waals surface area (Å²) in [5.41, 5.74) is 4.32. The Kier molecular flexibility index (Phi) is 4.89. The molecule has 0 unspecified atom stereocenters. The first-order valence-electron chi connectivity index (χ1n) is 6.86. The van der Waals surface area contributed by atoms with Crippen molar-refractivity contribution in [3.63, 3.8) is 0 Å². The van der Waals surface area contributed by atoms with Crippen molar-refractivity contribution in [2.75, 3.05) is 12.4 Å². The Hall–Kier alpha value is -2.25. The molecule has 0 saturated heterocycles. The van der Waals surface area contributed by atoms with Crippen LogP contribution in [0.3, 0.4) is 0 Å². The van der Waals surface area contributed by atoms with Gasteiger partial charge in [0.1, 0.15) is 11.4 Å². The first kappa shape index (κ1) is 16.1. The maximum Gasteiger partial charge on any atom is 0.173 e. The van der Waals surface area contributed by atoms with E-state index in [1.54, 1.807) is 14.0 Å². The van der Waals surface area contributed by atoms with E-state index in [4.69, 9.17) is 16.3 Å². The third kappa shape index (κ3) is 3.15. The predicted molar refractivity (Wildman–Crippen MR) is 90.1 cm³/mol. The van der Waals surface area contributed by atoms with Gasteiger partial charge < -0.3 is 10.1 Å². The second-order valence-corrected chi connectivity index (χ2v) is 5.24. The molecule has 0 bridgehead atoms. The molecule has 1 N–H and O–H groups in total. The lowest BCUT2D eigenvalue weighted by Crippen LogP contribution is -2.04. The predicted octanol–water partition coefficient (Wildman–Crippen LogP) is 4.18. The van der Waals surface area contributed by atoms with Crippen LogP contribution in [0.25, 0.3) is 0 Å². The quantitative estimate of drug-likeness (QED) is 0.863. The van der Waals surface area contributed by atoms with E-state index in [0.29, 0.717) is 16.7 Å². The molecule has 0 aliphatic heterocycles. The summed E-state index contributed by atoms with van der Waals surface area (Å²) < 4.78 is 5.36. The van der Waals surface area contributed by atoms with E-state index in [2.05, 4.69) is 27.1 Å². The highest BCUT2D eigenvalue weighted by Crippen LogP contribution is 2.32. The minimum atomic E-state index is 0.296. The van der Waals surface area contributed by atoms with Crippen molar-refractivity contribution in [1.29, 1.82) is 0 Å². The van der Waals surface area contributed by atoms with Crippen LogP contribution in [-0.4, -0.2) is 17.1 Å². The van der Waals surface area contributed by atoms with Crippen molar-refractivity contribution >= 4 is 23.1 Å². The van der Waals surface area contributed by atoms with E-state index in [1.165, 1.54) is 0 Å². The number of methoxy groups -OCH3 is 1. The summed E-state index contributed by atoms with van der Waals surface area (Å²) in [6, 6.07) is 3.92. The van der Waals surface area contributed by atoms with Crippen molar-refractivity contribution in [2.45, 2.75) is 27.7 Å².